The Kier molecular flexibility index (Phi) is 8.03. The topological polar surface area (TPSA) is 76.0 Å². The van der Waals surface area contributed by atoms with Gasteiger partial charge in [0.05, 0.1) is 12.2 Å². The molecule has 35 heavy (non-hydrogen) atoms. The maximum Gasteiger partial charge on any atom is 0.344 e. The van der Waals surface area contributed by atoms with Crippen LogP contribution < -0.4 is 4.74 Å². The van der Waals surface area contributed by atoms with Gasteiger partial charge in [-0.15, -0.1) is 0 Å². The Balaban J connectivity index is 1.15. The zero-order valence-electron chi connectivity index (χ0n) is 21.4. The Hall–Kier alpha value is -1.59. The fraction of sp³-hybridized carbons (Fsp3) is 0.767. The highest BCUT2D eigenvalue weighted by molar-refractivity contribution is 5.71. The summed E-state index contributed by atoms with van der Waals surface area (Å²) < 4.78 is 11.8. The smallest absolute Gasteiger partial charge is 0.344 e. The molecule has 2 N–H and O–H groups in total. The molecule has 0 unspecified atom stereocenters. The first kappa shape index (κ1) is 25.1. The van der Waals surface area contributed by atoms with Crippen LogP contribution in [0.1, 0.15) is 88.7 Å². The molecule has 1 aromatic carbocycles. The van der Waals surface area contributed by atoms with E-state index in [9.17, 15) is 15.0 Å². The number of esters is 1. The molecule has 0 radical (unpaired) electrons. The van der Waals surface area contributed by atoms with Crippen LogP contribution in [0.5, 0.6) is 5.75 Å². The van der Waals surface area contributed by atoms with Crippen LogP contribution in [0.2, 0.25) is 0 Å². The normalized spacial score (nSPS) is 33.9. The average molecular weight is 485 g/mol. The lowest BCUT2D eigenvalue weighted by Crippen LogP contribution is -2.29. The lowest BCUT2D eigenvalue weighted by molar-refractivity contribution is -0.153. The number of hydrogen-bond acceptors (Lipinski definition) is 5. The van der Waals surface area contributed by atoms with Crippen LogP contribution >= 0.6 is 0 Å². The predicted molar refractivity (Wildman–Crippen MR) is 135 cm³/mol. The second kappa shape index (κ2) is 11.2. The number of carbonyl (C=O) groups excluding carboxylic acids is 1. The molecule has 5 nitrogen and oxygen atoms in total. The van der Waals surface area contributed by atoms with Gasteiger partial charge in [-0.3, -0.25) is 0 Å². The van der Waals surface area contributed by atoms with Crippen molar-refractivity contribution < 1.29 is 24.5 Å². The largest absolute Gasteiger partial charge is 0.482 e. The third-order valence-corrected chi connectivity index (χ3v) is 9.62. The van der Waals surface area contributed by atoms with Gasteiger partial charge in [-0.05, 0) is 111 Å². The predicted octanol–water partition coefficient (Wildman–Crippen LogP) is 5.23. The molecule has 4 aliphatic carbocycles. The first-order valence-corrected chi connectivity index (χ1v) is 14.3. The summed E-state index contributed by atoms with van der Waals surface area (Å²) in [4.78, 5) is 12.5. The minimum Gasteiger partial charge on any atom is -0.482 e. The Morgan fingerprint density at radius 2 is 1.97 bits per heavy atom. The Labute approximate surface area is 210 Å². The third kappa shape index (κ3) is 5.72. The van der Waals surface area contributed by atoms with Crippen LogP contribution in [-0.4, -0.2) is 41.1 Å². The zero-order valence-corrected chi connectivity index (χ0v) is 21.4. The second-order valence-corrected chi connectivity index (χ2v) is 11.9. The number of carbonyl (C=O) groups is 1. The van der Waals surface area contributed by atoms with Gasteiger partial charge >= 0.3 is 5.97 Å². The molecule has 1 aromatic rings. The van der Waals surface area contributed by atoms with Crippen molar-refractivity contribution in [2.45, 2.75) is 109 Å². The molecule has 4 aliphatic rings. The summed E-state index contributed by atoms with van der Waals surface area (Å²) in [6.45, 7) is 2.16. The number of hydrogen-bond donors (Lipinski definition) is 2. The number of unbranched alkanes of at least 4 members (excludes halogenated alkanes) is 2. The van der Waals surface area contributed by atoms with E-state index in [4.69, 9.17) is 9.47 Å². The highest BCUT2D eigenvalue weighted by Crippen LogP contribution is 2.49. The molecular formula is C30H44O5. The minimum atomic E-state index is -0.289. The molecule has 0 saturated heterocycles. The molecule has 0 aromatic heterocycles. The standard InChI is InChI=1S/C30H44O5/c1-2-3-4-7-23(31)11-12-24-25-15-20-6-5-8-28(26(20)16-22(25)17-27(24)32)34-18-30(33)35-29-14-19-9-10-21(29)13-19/h5-6,8,19,21-25,27,29,31-32H,2-4,7,9-18H2,1H3/t19-,21+,22-,23-,24+,25-,27+,29+/m0/s1. The van der Waals surface area contributed by atoms with Crippen LogP contribution in [0.4, 0.5) is 0 Å². The molecule has 0 aliphatic heterocycles. The van der Waals surface area contributed by atoms with Crippen LogP contribution in [0.15, 0.2) is 18.2 Å². The molecule has 5 heteroatoms. The van der Waals surface area contributed by atoms with Crippen molar-refractivity contribution >= 4 is 5.97 Å². The molecule has 8 atom stereocenters. The van der Waals surface area contributed by atoms with Gasteiger partial charge in [0.15, 0.2) is 6.61 Å². The van der Waals surface area contributed by atoms with Gasteiger partial charge in [-0.25, -0.2) is 4.79 Å². The summed E-state index contributed by atoms with van der Waals surface area (Å²) in [6, 6.07) is 6.17. The fourth-order valence-corrected chi connectivity index (χ4v) is 7.77. The Morgan fingerprint density at radius 1 is 1.09 bits per heavy atom. The molecule has 0 spiro atoms. The summed E-state index contributed by atoms with van der Waals surface area (Å²) in [7, 11) is 0. The molecule has 0 amide bonds. The van der Waals surface area contributed by atoms with Crippen molar-refractivity contribution in [3.05, 3.63) is 29.3 Å². The van der Waals surface area contributed by atoms with Gasteiger partial charge in [0.25, 0.3) is 0 Å². The molecule has 194 valence electrons. The van der Waals surface area contributed by atoms with Gasteiger partial charge in [0.1, 0.15) is 11.9 Å². The lowest BCUT2D eigenvalue weighted by atomic mass is 9.73. The third-order valence-electron chi connectivity index (χ3n) is 9.62. The van der Waals surface area contributed by atoms with Gasteiger partial charge in [0, 0.05) is 0 Å². The summed E-state index contributed by atoms with van der Waals surface area (Å²) >= 11 is 0. The first-order valence-electron chi connectivity index (χ1n) is 14.3. The van der Waals surface area contributed by atoms with E-state index in [1.54, 1.807) is 0 Å². The molecule has 3 fully saturated rings. The van der Waals surface area contributed by atoms with E-state index < -0.39 is 0 Å². The molecule has 2 bridgehead atoms. The number of ether oxygens (including phenoxy) is 2. The van der Waals surface area contributed by atoms with E-state index in [1.165, 1.54) is 43.2 Å². The van der Waals surface area contributed by atoms with E-state index in [2.05, 4.69) is 13.0 Å². The second-order valence-electron chi connectivity index (χ2n) is 11.9. The van der Waals surface area contributed by atoms with Crippen LogP contribution in [0.25, 0.3) is 0 Å². The highest BCUT2D eigenvalue weighted by atomic mass is 16.6. The van der Waals surface area contributed by atoms with E-state index in [-0.39, 0.29) is 36.8 Å². The van der Waals surface area contributed by atoms with E-state index in [0.29, 0.717) is 17.8 Å². The number of fused-ring (bicyclic) bond motifs is 4. The average Bonchev–Trinajstić information content (AvgIpc) is 3.54. The molecular weight excluding hydrogens is 440 g/mol. The highest BCUT2D eigenvalue weighted by Gasteiger charge is 2.45. The summed E-state index contributed by atoms with van der Waals surface area (Å²) in [5.74, 6) is 3.02. The number of aliphatic hydroxyl groups is 2. The molecule has 5 rings (SSSR count). The summed E-state index contributed by atoms with van der Waals surface area (Å²) in [5, 5.41) is 21.3. The van der Waals surface area contributed by atoms with Crippen molar-refractivity contribution in [3.63, 3.8) is 0 Å². The van der Waals surface area contributed by atoms with Gasteiger partial charge in [0.2, 0.25) is 0 Å². The van der Waals surface area contributed by atoms with Crippen molar-refractivity contribution in [1.82, 2.24) is 0 Å². The van der Waals surface area contributed by atoms with Crippen molar-refractivity contribution in [3.8, 4) is 5.75 Å². The quantitative estimate of drug-likeness (QED) is 0.332. The lowest BCUT2D eigenvalue weighted by Gasteiger charge is -2.32. The van der Waals surface area contributed by atoms with Crippen molar-refractivity contribution in [2.75, 3.05) is 6.61 Å². The minimum absolute atomic E-state index is 0.0282. The maximum atomic E-state index is 12.5. The first-order chi connectivity index (χ1) is 17.0. The van der Waals surface area contributed by atoms with Crippen LogP contribution in [0, 0.1) is 29.6 Å². The number of rotatable bonds is 11. The van der Waals surface area contributed by atoms with Crippen molar-refractivity contribution in [2.24, 2.45) is 29.6 Å². The maximum absolute atomic E-state index is 12.5. The Morgan fingerprint density at radius 3 is 2.74 bits per heavy atom. The number of aliphatic hydroxyl groups excluding tert-OH is 2. The molecule has 3 saturated carbocycles. The summed E-state index contributed by atoms with van der Waals surface area (Å²) in [6.07, 6.45) is 12.9. The van der Waals surface area contributed by atoms with Crippen LogP contribution in [-0.2, 0) is 22.4 Å². The van der Waals surface area contributed by atoms with Gasteiger partial charge in [-0.2, -0.15) is 0 Å². The van der Waals surface area contributed by atoms with E-state index in [1.807, 2.05) is 12.1 Å². The SMILES string of the molecule is CCCCC[C@H](O)CC[C@@H]1[C@H]2Cc3cccc(OCC(=O)O[C@@H]4C[C@H]5CC[C@@H]4C5)c3C[C@H]2C[C@H]1O. The summed E-state index contributed by atoms with van der Waals surface area (Å²) in [5.41, 5.74) is 2.49. The monoisotopic (exact) mass is 484 g/mol. The van der Waals surface area contributed by atoms with E-state index >= 15 is 0 Å². The Bertz CT molecular complexity index is 868. The van der Waals surface area contributed by atoms with Gasteiger partial charge < -0.3 is 19.7 Å². The molecule has 0 heterocycles. The zero-order chi connectivity index (χ0) is 24.4. The van der Waals surface area contributed by atoms with Crippen molar-refractivity contribution in [1.29, 1.82) is 0 Å². The van der Waals surface area contributed by atoms with Crippen LogP contribution in [0.3, 0.4) is 0 Å². The number of benzene rings is 1. The van der Waals surface area contributed by atoms with E-state index in [0.717, 1.165) is 63.0 Å². The van der Waals surface area contributed by atoms with Gasteiger partial charge in [-0.1, -0.05) is 38.3 Å². The fourth-order valence-electron chi connectivity index (χ4n) is 7.77.